The lowest BCUT2D eigenvalue weighted by Crippen LogP contribution is -2.40. The first kappa shape index (κ1) is 23.8. The molecular formula is C26H29N3O4. The Kier molecular flexibility index (Phi) is 8.43. The minimum atomic E-state index is -0.696. The number of anilines is 1. The van der Waals surface area contributed by atoms with Crippen LogP contribution >= 0.6 is 0 Å². The van der Waals surface area contributed by atoms with E-state index in [2.05, 4.69) is 16.0 Å². The molecule has 7 nitrogen and oxygen atoms in total. The summed E-state index contributed by atoms with van der Waals surface area (Å²) in [6.07, 6.45) is 0. The van der Waals surface area contributed by atoms with Gasteiger partial charge in [0.15, 0.2) is 0 Å². The molecule has 0 spiro atoms. The quantitative estimate of drug-likeness (QED) is 0.439. The number of ether oxygens (including phenoxy) is 2. The summed E-state index contributed by atoms with van der Waals surface area (Å²) in [5.74, 6) is 0.830. The Bertz CT molecular complexity index is 1060. The molecule has 0 aliphatic carbocycles. The molecule has 3 aromatic carbocycles. The maximum absolute atomic E-state index is 13.0. The van der Waals surface area contributed by atoms with Gasteiger partial charge in [0.2, 0.25) is 11.8 Å². The summed E-state index contributed by atoms with van der Waals surface area (Å²) in [7, 11) is 3.17. The number of hydrogen-bond acceptors (Lipinski definition) is 5. The van der Waals surface area contributed by atoms with Crippen LogP contribution in [0.5, 0.6) is 11.5 Å². The number of carbonyl (C=O) groups excluding carboxylic acids is 2. The van der Waals surface area contributed by atoms with Gasteiger partial charge in [-0.2, -0.15) is 0 Å². The molecule has 33 heavy (non-hydrogen) atoms. The Morgan fingerprint density at radius 1 is 0.879 bits per heavy atom. The minimum Gasteiger partial charge on any atom is -0.497 e. The van der Waals surface area contributed by atoms with Crippen molar-refractivity contribution < 1.29 is 19.1 Å². The smallest absolute Gasteiger partial charge is 0.246 e. The van der Waals surface area contributed by atoms with E-state index in [9.17, 15) is 9.59 Å². The molecule has 3 aromatic rings. The van der Waals surface area contributed by atoms with E-state index in [1.807, 2.05) is 73.7 Å². The van der Waals surface area contributed by atoms with Crippen molar-refractivity contribution in [3.05, 3.63) is 90.0 Å². The fourth-order valence-electron chi connectivity index (χ4n) is 3.49. The van der Waals surface area contributed by atoms with E-state index in [1.54, 1.807) is 26.4 Å². The number of hydrogen-bond donors (Lipinski definition) is 3. The fraction of sp³-hybridized carbons (Fsp3) is 0.231. The van der Waals surface area contributed by atoms with Gasteiger partial charge in [-0.3, -0.25) is 14.9 Å². The van der Waals surface area contributed by atoms with E-state index in [1.165, 1.54) is 0 Å². The lowest BCUT2D eigenvalue weighted by Gasteiger charge is -2.21. The van der Waals surface area contributed by atoms with Crippen molar-refractivity contribution >= 4 is 17.5 Å². The van der Waals surface area contributed by atoms with Gasteiger partial charge in [0.1, 0.15) is 17.5 Å². The minimum absolute atomic E-state index is 0.0433. The van der Waals surface area contributed by atoms with Crippen LogP contribution in [0, 0.1) is 0 Å². The highest BCUT2D eigenvalue weighted by Crippen LogP contribution is 2.29. The first-order chi connectivity index (χ1) is 16.0. The molecule has 2 unspecified atom stereocenters. The second-order valence-corrected chi connectivity index (χ2v) is 7.48. The highest BCUT2D eigenvalue weighted by atomic mass is 16.5. The first-order valence-corrected chi connectivity index (χ1v) is 10.7. The van der Waals surface area contributed by atoms with Gasteiger partial charge in [-0.1, -0.05) is 48.5 Å². The number of para-hydroxylation sites is 1. The van der Waals surface area contributed by atoms with E-state index in [0.29, 0.717) is 17.2 Å². The number of amides is 2. The van der Waals surface area contributed by atoms with E-state index in [4.69, 9.17) is 9.47 Å². The molecule has 0 aromatic heterocycles. The molecule has 172 valence electrons. The van der Waals surface area contributed by atoms with Crippen molar-refractivity contribution in [1.82, 2.24) is 10.6 Å². The van der Waals surface area contributed by atoms with Crippen LogP contribution in [0.4, 0.5) is 5.69 Å². The van der Waals surface area contributed by atoms with E-state index >= 15 is 0 Å². The van der Waals surface area contributed by atoms with Gasteiger partial charge in [0, 0.05) is 11.3 Å². The zero-order chi connectivity index (χ0) is 23.6. The van der Waals surface area contributed by atoms with Gasteiger partial charge in [0.05, 0.1) is 26.8 Å². The molecule has 3 N–H and O–H groups in total. The molecule has 0 radical (unpaired) electrons. The molecule has 2 atom stereocenters. The van der Waals surface area contributed by atoms with Crippen LogP contribution in [-0.2, 0) is 9.59 Å². The molecule has 2 amide bonds. The summed E-state index contributed by atoms with van der Waals surface area (Å²) in [5, 5.41) is 8.93. The Morgan fingerprint density at radius 2 is 1.55 bits per heavy atom. The standard InChI is InChI=1S/C26H29N3O4/c1-18(22-16-21(32-2)14-15-23(22)33-3)28-24(30)17-27-25(19-10-6-4-7-11-19)26(31)29-20-12-8-5-9-13-20/h4-16,18,25,27H,17H2,1-3H3,(H,28,30)(H,29,31). The highest BCUT2D eigenvalue weighted by Gasteiger charge is 2.22. The molecule has 0 aliphatic heterocycles. The second-order valence-electron chi connectivity index (χ2n) is 7.48. The van der Waals surface area contributed by atoms with Crippen LogP contribution in [-0.4, -0.2) is 32.6 Å². The van der Waals surface area contributed by atoms with E-state index in [-0.39, 0.29) is 24.4 Å². The monoisotopic (exact) mass is 447 g/mol. The number of carbonyl (C=O) groups is 2. The molecular weight excluding hydrogens is 418 g/mol. The first-order valence-electron chi connectivity index (χ1n) is 10.7. The number of benzene rings is 3. The molecule has 0 saturated carbocycles. The SMILES string of the molecule is COc1ccc(OC)c(C(C)NC(=O)CNC(C(=O)Nc2ccccc2)c2ccccc2)c1. The molecule has 0 aliphatic rings. The van der Waals surface area contributed by atoms with E-state index < -0.39 is 6.04 Å². The lowest BCUT2D eigenvalue weighted by atomic mass is 10.1. The van der Waals surface area contributed by atoms with Gasteiger partial charge in [-0.25, -0.2) is 0 Å². The Hall–Kier alpha value is -3.84. The number of methoxy groups -OCH3 is 2. The van der Waals surface area contributed by atoms with Gasteiger partial charge in [-0.15, -0.1) is 0 Å². The second kappa shape index (κ2) is 11.7. The van der Waals surface area contributed by atoms with Crippen LogP contribution in [0.3, 0.4) is 0 Å². The Balaban J connectivity index is 1.67. The molecule has 0 fully saturated rings. The summed E-state index contributed by atoms with van der Waals surface area (Å²) in [4.78, 5) is 25.7. The largest absolute Gasteiger partial charge is 0.497 e. The van der Waals surface area contributed by atoms with E-state index in [0.717, 1.165) is 11.1 Å². The molecule has 7 heteroatoms. The maximum Gasteiger partial charge on any atom is 0.246 e. The topological polar surface area (TPSA) is 88.7 Å². The third-order valence-corrected chi connectivity index (χ3v) is 5.18. The average molecular weight is 448 g/mol. The van der Waals surface area contributed by atoms with Crippen molar-refractivity contribution in [2.45, 2.75) is 19.0 Å². The maximum atomic E-state index is 13.0. The predicted octanol–water partition coefficient (Wildman–Crippen LogP) is 3.85. The summed E-state index contributed by atoms with van der Waals surface area (Å²) >= 11 is 0. The van der Waals surface area contributed by atoms with Crippen molar-refractivity contribution in [3.63, 3.8) is 0 Å². The van der Waals surface area contributed by atoms with Crippen molar-refractivity contribution in [2.24, 2.45) is 0 Å². The van der Waals surface area contributed by atoms with Crippen LogP contribution < -0.4 is 25.4 Å². The number of rotatable bonds is 10. The van der Waals surface area contributed by atoms with Crippen molar-refractivity contribution in [1.29, 1.82) is 0 Å². The third-order valence-electron chi connectivity index (χ3n) is 5.18. The van der Waals surface area contributed by atoms with Crippen molar-refractivity contribution in [2.75, 3.05) is 26.1 Å². The van der Waals surface area contributed by atoms with Gasteiger partial charge >= 0.3 is 0 Å². The normalized spacial score (nSPS) is 12.3. The lowest BCUT2D eigenvalue weighted by molar-refractivity contribution is -0.121. The van der Waals surface area contributed by atoms with Crippen LogP contribution in [0.1, 0.15) is 30.1 Å². The molecule has 3 rings (SSSR count). The van der Waals surface area contributed by atoms with Crippen LogP contribution in [0.15, 0.2) is 78.9 Å². The number of nitrogens with one attached hydrogen (secondary N) is 3. The van der Waals surface area contributed by atoms with Gasteiger partial charge in [-0.05, 0) is 42.8 Å². The fourth-order valence-corrected chi connectivity index (χ4v) is 3.49. The molecule has 0 heterocycles. The Labute approximate surface area is 194 Å². The molecule has 0 saturated heterocycles. The van der Waals surface area contributed by atoms with Gasteiger partial charge in [0.25, 0.3) is 0 Å². The van der Waals surface area contributed by atoms with Crippen LogP contribution in [0.2, 0.25) is 0 Å². The molecule has 0 bridgehead atoms. The predicted molar refractivity (Wildman–Crippen MR) is 128 cm³/mol. The van der Waals surface area contributed by atoms with Crippen molar-refractivity contribution in [3.8, 4) is 11.5 Å². The van der Waals surface area contributed by atoms with Crippen LogP contribution in [0.25, 0.3) is 0 Å². The van der Waals surface area contributed by atoms with Gasteiger partial charge < -0.3 is 20.1 Å². The third kappa shape index (κ3) is 6.57. The highest BCUT2D eigenvalue weighted by molar-refractivity contribution is 5.96. The average Bonchev–Trinajstić information content (AvgIpc) is 2.85. The summed E-state index contributed by atoms with van der Waals surface area (Å²) in [6.45, 7) is 1.82. The summed E-state index contributed by atoms with van der Waals surface area (Å²) in [6, 6.07) is 22.9. The summed E-state index contributed by atoms with van der Waals surface area (Å²) < 4.78 is 10.7. The summed E-state index contributed by atoms with van der Waals surface area (Å²) in [5.41, 5.74) is 2.25. The Morgan fingerprint density at radius 3 is 2.18 bits per heavy atom. The zero-order valence-corrected chi connectivity index (χ0v) is 19.0. The zero-order valence-electron chi connectivity index (χ0n) is 19.0.